The molecular formula is C21H23P. The van der Waals surface area contributed by atoms with E-state index in [0.717, 1.165) is 0 Å². The lowest BCUT2D eigenvalue weighted by Crippen LogP contribution is -2.34. The summed E-state index contributed by atoms with van der Waals surface area (Å²) in [6.45, 7) is 9.31. The average Bonchev–Trinajstić information content (AvgIpc) is 2.95. The summed E-state index contributed by atoms with van der Waals surface area (Å²) in [6.07, 6.45) is 9.95. The van der Waals surface area contributed by atoms with E-state index in [0.29, 0.717) is 11.6 Å². The first kappa shape index (κ1) is 14.2. The number of hydrogen-bond donors (Lipinski definition) is 0. The summed E-state index contributed by atoms with van der Waals surface area (Å²) in [6, 6.07) is 11.2. The molecule has 1 aliphatic carbocycles. The van der Waals surface area contributed by atoms with Gasteiger partial charge in [0.05, 0.1) is 5.16 Å². The lowest BCUT2D eigenvalue weighted by atomic mass is 9.91. The van der Waals surface area contributed by atoms with Gasteiger partial charge in [0.1, 0.15) is 0 Å². The van der Waals surface area contributed by atoms with Gasteiger partial charge in [-0.2, -0.15) is 0 Å². The molecule has 3 aliphatic rings. The van der Waals surface area contributed by atoms with Crippen molar-refractivity contribution in [1.82, 2.24) is 0 Å². The first-order valence-corrected chi connectivity index (χ1v) is 9.62. The van der Waals surface area contributed by atoms with Gasteiger partial charge in [0.2, 0.25) is 0 Å². The van der Waals surface area contributed by atoms with Crippen molar-refractivity contribution in [2.45, 2.75) is 38.5 Å². The Bertz CT molecular complexity index is 745. The highest BCUT2D eigenvalue weighted by molar-refractivity contribution is 7.69. The molecule has 0 N–H and O–H groups in total. The van der Waals surface area contributed by atoms with Crippen LogP contribution in [-0.2, 0) is 0 Å². The predicted octanol–water partition coefficient (Wildman–Crippen LogP) is 5.34. The summed E-state index contributed by atoms with van der Waals surface area (Å²) in [5.41, 5.74) is 6.81. The molecule has 0 radical (unpaired) electrons. The number of hydrogen-bond acceptors (Lipinski definition) is 0. The van der Waals surface area contributed by atoms with Crippen molar-refractivity contribution in [3.05, 3.63) is 76.9 Å². The molecule has 0 fully saturated rings. The Morgan fingerprint density at radius 1 is 1.09 bits per heavy atom. The van der Waals surface area contributed by atoms with E-state index in [1.165, 1.54) is 5.57 Å². The van der Waals surface area contributed by atoms with Crippen LogP contribution in [0, 0.1) is 5.92 Å². The Morgan fingerprint density at radius 2 is 1.82 bits per heavy atom. The van der Waals surface area contributed by atoms with Gasteiger partial charge in [0.25, 0.3) is 0 Å². The van der Waals surface area contributed by atoms with E-state index in [9.17, 15) is 0 Å². The molecule has 0 aromatic heterocycles. The fourth-order valence-corrected chi connectivity index (χ4v) is 8.20. The monoisotopic (exact) mass is 306 g/mol. The molecule has 0 saturated heterocycles. The van der Waals surface area contributed by atoms with Crippen LogP contribution in [0.25, 0.3) is 0 Å². The minimum atomic E-state index is -0.283. The van der Waals surface area contributed by atoms with Crippen LogP contribution in [0.3, 0.4) is 0 Å². The summed E-state index contributed by atoms with van der Waals surface area (Å²) >= 11 is 0. The van der Waals surface area contributed by atoms with Crippen molar-refractivity contribution in [2.75, 3.05) is 0 Å². The Hall–Kier alpha value is -1.39. The average molecular weight is 306 g/mol. The summed E-state index contributed by atoms with van der Waals surface area (Å²) in [5.74, 6) is 0.611. The summed E-state index contributed by atoms with van der Waals surface area (Å²) in [5, 5.41) is 1.71. The molecule has 0 nitrogen and oxygen atoms in total. The Labute approximate surface area is 135 Å². The van der Waals surface area contributed by atoms with Crippen LogP contribution in [-0.4, -0.2) is 10.8 Å². The van der Waals surface area contributed by atoms with Crippen molar-refractivity contribution >= 4 is 13.2 Å². The zero-order chi connectivity index (χ0) is 15.5. The van der Waals surface area contributed by atoms with Crippen LogP contribution in [0.15, 0.2) is 76.9 Å². The smallest absolute Gasteiger partial charge is 0.0593 e. The van der Waals surface area contributed by atoms with Crippen LogP contribution < -0.4 is 5.30 Å². The van der Waals surface area contributed by atoms with Gasteiger partial charge in [-0.15, -0.1) is 0 Å². The second kappa shape index (κ2) is 4.80. The Balaban J connectivity index is 1.99. The molecule has 2 bridgehead atoms. The van der Waals surface area contributed by atoms with Crippen molar-refractivity contribution < 1.29 is 0 Å². The van der Waals surface area contributed by atoms with Gasteiger partial charge in [-0.1, -0.05) is 79.6 Å². The molecule has 112 valence electrons. The van der Waals surface area contributed by atoms with Crippen molar-refractivity contribution in [3.63, 3.8) is 0 Å². The molecule has 22 heavy (non-hydrogen) atoms. The summed E-state index contributed by atoms with van der Waals surface area (Å²) < 4.78 is 0. The lowest BCUT2D eigenvalue weighted by molar-refractivity contribution is 0.745. The molecule has 1 spiro atoms. The molecule has 2 heterocycles. The Morgan fingerprint density at radius 3 is 2.50 bits per heavy atom. The quantitative estimate of drug-likeness (QED) is 0.511. The van der Waals surface area contributed by atoms with Gasteiger partial charge in [-0.05, 0) is 44.1 Å². The topological polar surface area (TPSA) is 0 Å². The third kappa shape index (κ3) is 1.68. The van der Waals surface area contributed by atoms with Crippen LogP contribution in [0.2, 0.25) is 0 Å². The summed E-state index contributed by atoms with van der Waals surface area (Å²) in [7, 11) is -0.283. The minimum absolute atomic E-state index is 0.170. The van der Waals surface area contributed by atoms with Crippen molar-refractivity contribution in [3.8, 4) is 0 Å². The molecule has 1 aromatic rings. The van der Waals surface area contributed by atoms with Crippen LogP contribution in [0.4, 0.5) is 0 Å². The molecule has 0 amide bonds. The molecule has 3 unspecified atom stereocenters. The maximum atomic E-state index is 2.57. The minimum Gasteiger partial charge on any atom is -0.0722 e. The highest BCUT2D eigenvalue weighted by Gasteiger charge is 2.54. The van der Waals surface area contributed by atoms with Gasteiger partial charge >= 0.3 is 0 Å². The molecule has 1 aromatic carbocycles. The first-order chi connectivity index (χ1) is 10.6. The molecule has 1 heteroatoms. The van der Waals surface area contributed by atoms with E-state index in [2.05, 4.69) is 82.3 Å². The first-order valence-electron chi connectivity index (χ1n) is 8.21. The normalized spacial score (nSPS) is 32.4. The number of fused-ring (bicyclic) bond motifs is 1. The Kier molecular flexibility index (Phi) is 3.10. The summed E-state index contributed by atoms with van der Waals surface area (Å²) in [4.78, 5) is 0. The third-order valence-corrected chi connectivity index (χ3v) is 8.79. The fraction of sp³-hybridized carbons (Fsp3) is 0.333. The fourth-order valence-electron chi connectivity index (χ4n) is 4.31. The van der Waals surface area contributed by atoms with Gasteiger partial charge < -0.3 is 0 Å². The zero-order valence-electron chi connectivity index (χ0n) is 13.8. The van der Waals surface area contributed by atoms with E-state index in [1.54, 1.807) is 22.0 Å². The molecule has 3 atom stereocenters. The van der Waals surface area contributed by atoms with E-state index in [1.807, 2.05) is 0 Å². The molecule has 2 aliphatic heterocycles. The lowest BCUT2D eigenvalue weighted by Gasteiger charge is -2.43. The van der Waals surface area contributed by atoms with Gasteiger partial charge in [0.15, 0.2) is 0 Å². The SMILES string of the molecule is CC1=CC2C(C(C)C)=CC3=C(C)C=CC13P2c1ccccc1. The number of allylic oxidation sites excluding steroid dienone is 8. The standard InChI is InChI=1S/C21H23P/c1-14(2)18-13-19-15(3)10-11-21(19)16(4)12-20(18)22(21)17-8-6-5-7-9-17/h5-14,20H,1-4H3. The van der Waals surface area contributed by atoms with Gasteiger partial charge in [-0.25, -0.2) is 0 Å². The maximum absolute atomic E-state index is 2.57. The maximum Gasteiger partial charge on any atom is 0.0593 e. The van der Waals surface area contributed by atoms with E-state index in [-0.39, 0.29) is 13.1 Å². The highest BCUT2D eigenvalue weighted by atomic mass is 31.1. The third-order valence-electron chi connectivity index (χ3n) is 5.43. The molecular weight excluding hydrogens is 283 g/mol. The largest absolute Gasteiger partial charge is 0.0722 e. The second-order valence-corrected chi connectivity index (χ2v) is 9.51. The van der Waals surface area contributed by atoms with Crippen LogP contribution in [0.1, 0.15) is 27.7 Å². The highest BCUT2D eigenvalue weighted by Crippen LogP contribution is 2.71. The molecule has 4 rings (SSSR count). The van der Waals surface area contributed by atoms with E-state index in [4.69, 9.17) is 0 Å². The number of rotatable bonds is 2. The van der Waals surface area contributed by atoms with Crippen LogP contribution in [0.5, 0.6) is 0 Å². The van der Waals surface area contributed by atoms with Crippen LogP contribution >= 0.6 is 7.92 Å². The predicted molar refractivity (Wildman–Crippen MR) is 98.0 cm³/mol. The second-order valence-electron chi connectivity index (χ2n) is 7.00. The van der Waals surface area contributed by atoms with Crippen molar-refractivity contribution in [1.29, 1.82) is 0 Å². The molecule has 0 saturated carbocycles. The van der Waals surface area contributed by atoms with E-state index < -0.39 is 0 Å². The van der Waals surface area contributed by atoms with Gasteiger partial charge in [-0.3, -0.25) is 0 Å². The number of benzene rings is 1. The zero-order valence-corrected chi connectivity index (χ0v) is 14.7. The van der Waals surface area contributed by atoms with Gasteiger partial charge in [0, 0.05) is 5.66 Å². The van der Waals surface area contributed by atoms with Crippen molar-refractivity contribution in [2.24, 2.45) is 5.92 Å². The van der Waals surface area contributed by atoms with E-state index >= 15 is 0 Å².